The van der Waals surface area contributed by atoms with Crippen LogP contribution in [-0.4, -0.2) is 21.1 Å². The molecule has 1 amide bonds. The second-order valence-corrected chi connectivity index (χ2v) is 3.30. The molecule has 0 aliphatic rings. The minimum Gasteiger partial charge on any atom is -0.399 e. The lowest BCUT2D eigenvalue weighted by Crippen LogP contribution is -2.15. The Morgan fingerprint density at radius 3 is 2.75 bits per heavy atom. The number of hydrogen-bond donors (Lipinski definition) is 3. The van der Waals surface area contributed by atoms with Gasteiger partial charge in [0.05, 0.1) is 6.42 Å². The van der Waals surface area contributed by atoms with E-state index in [2.05, 4.69) is 20.5 Å². The maximum atomic E-state index is 11.5. The number of rotatable bonds is 3. The van der Waals surface area contributed by atoms with Crippen LogP contribution in [0.2, 0.25) is 0 Å². The van der Waals surface area contributed by atoms with Gasteiger partial charge in [0.2, 0.25) is 11.9 Å². The van der Waals surface area contributed by atoms with Gasteiger partial charge in [0.1, 0.15) is 6.33 Å². The largest absolute Gasteiger partial charge is 0.399 e. The van der Waals surface area contributed by atoms with Crippen molar-refractivity contribution in [3.05, 3.63) is 36.2 Å². The number of aromatic amines is 1. The molecule has 2 rings (SSSR count). The number of benzene rings is 1. The number of aromatic nitrogens is 3. The van der Waals surface area contributed by atoms with E-state index in [1.165, 1.54) is 6.33 Å². The molecule has 2 aromatic rings. The van der Waals surface area contributed by atoms with Gasteiger partial charge in [0.15, 0.2) is 0 Å². The van der Waals surface area contributed by atoms with Crippen molar-refractivity contribution in [1.82, 2.24) is 15.2 Å². The van der Waals surface area contributed by atoms with Crippen molar-refractivity contribution in [2.24, 2.45) is 0 Å². The van der Waals surface area contributed by atoms with Crippen LogP contribution in [-0.2, 0) is 11.2 Å². The van der Waals surface area contributed by atoms with Gasteiger partial charge >= 0.3 is 0 Å². The number of amides is 1. The Morgan fingerprint density at radius 2 is 2.12 bits per heavy atom. The highest BCUT2D eigenvalue weighted by atomic mass is 16.1. The highest BCUT2D eigenvalue weighted by molar-refractivity contribution is 5.90. The quantitative estimate of drug-likeness (QED) is 0.655. The number of nitrogens with zero attached hydrogens (tertiary/aromatic N) is 2. The van der Waals surface area contributed by atoms with Gasteiger partial charge in [-0.3, -0.25) is 10.1 Å². The predicted molar refractivity (Wildman–Crippen MR) is 59.6 cm³/mol. The Hall–Kier alpha value is -2.37. The molecular weight excluding hydrogens is 206 g/mol. The molecular formula is C10H11N5O. The predicted octanol–water partition coefficient (Wildman–Crippen LogP) is 0.568. The summed E-state index contributed by atoms with van der Waals surface area (Å²) >= 11 is 0. The molecule has 82 valence electrons. The van der Waals surface area contributed by atoms with Gasteiger partial charge in [-0.25, -0.2) is 5.10 Å². The number of carbonyl (C=O) groups excluding carboxylic acids is 1. The molecule has 1 aromatic carbocycles. The van der Waals surface area contributed by atoms with Gasteiger partial charge in [-0.2, -0.15) is 10.1 Å². The van der Waals surface area contributed by atoms with Crippen LogP contribution < -0.4 is 11.1 Å². The summed E-state index contributed by atoms with van der Waals surface area (Å²) in [6, 6.07) is 7.15. The molecule has 0 spiro atoms. The van der Waals surface area contributed by atoms with Crippen molar-refractivity contribution >= 4 is 17.5 Å². The molecule has 0 saturated carbocycles. The van der Waals surface area contributed by atoms with E-state index in [1.54, 1.807) is 12.1 Å². The zero-order chi connectivity index (χ0) is 11.4. The lowest BCUT2D eigenvalue weighted by atomic mass is 10.1. The average Bonchev–Trinajstić information content (AvgIpc) is 2.74. The number of carbonyl (C=O) groups is 1. The first kappa shape index (κ1) is 10.2. The molecule has 1 aromatic heterocycles. The van der Waals surface area contributed by atoms with Gasteiger partial charge in [0.25, 0.3) is 0 Å². The molecule has 0 aliphatic heterocycles. The van der Waals surface area contributed by atoms with E-state index in [0.29, 0.717) is 11.6 Å². The van der Waals surface area contributed by atoms with Crippen molar-refractivity contribution in [2.45, 2.75) is 6.42 Å². The summed E-state index contributed by atoms with van der Waals surface area (Å²) in [7, 11) is 0. The van der Waals surface area contributed by atoms with Crippen molar-refractivity contribution in [3.63, 3.8) is 0 Å². The number of anilines is 2. The van der Waals surface area contributed by atoms with E-state index < -0.39 is 0 Å². The van der Waals surface area contributed by atoms with Gasteiger partial charge in [-0.1, -0.05) is 12.1 Å². The second-order valence-electron chi connectivity index (χ2n) is 3.30. The third-order valence-electron chi connectivity index (χ3n) is 2.02. The van der Waals surface area contributed by atoms with E-state index in [4.69, 9.17) is 5.73 Å². The van der Waals surface area contributed by atoms with Gasteiger partial charge < -0.3 is 5.73 Å². The maximum absolute atomic E-state index is 11.5. The van der Waals surface area contributed by atoms with Crippen LogP contribution in [0.25, 0.3) is 0 Å². The van der Waals surface area contributed by atoms with E-state index in [-0.39, 0.29) is 12.3 Å². The van der Waals surface area contributed by atoms with E-state index in [0.717, 1.165) is 5.56 Å². The van der Waals surface area contributed by atoms with Crippen LogP contribution in [0, 0.1) is 0 Å². The fourth-order valence-corrected chi connectivity index (χ4v) is 1.26. The molecule has 0 unspecified atom stereocenters. The molecule has 0 aliphatic carbocycles. The number of nitrogens with one attached hydrogen (secondary N) is 2. The zero-order valence-electron chi connectivity index (χ0n) is 8.47. The molecule has 0 bridgehead atoms. The van der Waals surface area contributed by atoms with E-state index >= 15 is 0 Å². The van der Waals surface area contributed by atoms with Crippen molar-refractivity contribution in [3.8, 4) is 0 Å². The first-order valence-corrected chi connectivity index (χ1v) is 4.73. The third-order valence-corrected chi connectivity index (χ3v) is 2.02. The Morgan fingerprint density at radius 1 is 1.38 bits per heavy atom. The molecule has 6 nitrogen and oxygen atoms in total. The van der Waals surface area contributed by atoms with E-state index in [9.17, 15) is 4.79 Å². The fourth-order valence-electron chi connectivity index (χ4n) is 1.26. The van der Waals surface area contributed by atoms with Crippen molar-refractivity contribution < 1.29 is 4.79 Å². The SMILES string of the molecule is Nc1ccc(CC(=O)Nc2ncn[nH]2)cc1. The van der Waals surface area contributed by atoms with Crippen LogP contribution in [0.4, 0.5) is 11.6 Å². The van der Waals surface area contributed by atoms with Gasteiger partial charge in [-0.15, -0.1) is 0 Å². The molecule has 0 atom stereocenters. The van der Waals surface area contributed by atoms with Crippen LogP contribution in [0.3, 0.4) is 0 Å². The highest BCUT2D eigenvalue weighted by Gasteiger charge is 2.05. The Labute approximate surface area is 91.9 Å². The zero-order valence-corrected chi connectivity index (χ0v) is 8.47. The fraction of sp³-hybridized carbons (Fsp3) is 0.100. The van der Waals surface area contributed by atoms with E-state index in [1.807, 2.05) is 12.1 Å². The van der Waals surface area contributed by atoms with Crippen LogP contribution in [0.15, 0.2) is 30.6 Å². The minimum atomic E-state index is -0.151. The summed E-state index contributed by atoms with van der Waals surface area (Å²) in [5.74, 6) is 0.196. The van der Waals surface area contributed by atoms with Gasteiger partial charge in [0, 0.05) is 5.69 Å². The Bertz CT molecular complexity index is 462. The second kappa shape index (κ2) is 4.43. The first-order valence-electron chi connectivity index (χ1n) is 4.73. The molecule has 0 fully saturated rings. The number of hydrogen-bond acceptors (Lipinski definition) is 4. The Balaban J connectivity index is 1.95. The van der Waals surface area contributed by atoms with Crippen molar-refractivity contribution in [2.75, 3.05) is 11.1 Å². The molecule has 0 saturated heterocycles. The van der Waals surface area contributed by atoms with Crippen molar-refractivity contribution in [1.29, 1.82) is 0 Å². The normalized spacial score (nSPS) is 10.0. The third kappa shape index (κ3) is 2.57. The van der Waals surface area contributed by atoms with Crippen LogP contribution >= 0.6 is 0 Å². The number of H-pyrrole nitrogens is 1. The standard InChI is InChI=1S/C10H11N5O/c11-8-3-1-7(2-4-8)5-9(16)14-10-12-6-13-15-10/h1-4,6H,5,11H2,(H2,12,13,14,15,16). The summed E-state index contributed by atoms with van der Waals surface area (Å²) in [5.41, 5.74) is 7.12. The molecule has 16 heavy (non-hydrogen) atoms. The topological polar surface area (TPSA) is 96.7 Å². The number of nitrogen functional groups attached to an aromatic ring is 1. The monoisotopic (exact) mass is 217 g/mol. The lowest BCUT2D eigenvalue weighted by Gasteiger charge is -2.02. The maximum Gasteiger partial charge on any atom is 0.231 e. The number of nitrogens with two attached hydrogens (primary N) is 1. The average molecular weight is 217 g/mol. The molecule has 6 heteroatoms. The smallest absolute Gasteiger partial charge is 0.231 e. The van der Waals surface area contributed by atoms with Crippen LogP contribution in [0.5, 0.6) is 0 Å². The minimum absolute atomic E-state index is 0.151. The summed E-state index contributed by atoms with van der Waals surface area (Å²) in [6.45, 7) is 0. The summed E-state index contributed by atoms with van der Waals surface area (Å²) < 4.78 is 0. The first-order chi connectivity index (χ1) is 7.74. The van der Waals surface area contributed by atoms with Gasteiger partial charge in [-0.05, 0) is 17.7 Å². The summed E-state index contributed by atoms with van der Waals surface area (Å²) in [5, 5.41) is 8.76. The molecule has 0 radical (unpaired) electrons. The highest BCUT2D eigenvalue weighted by Crippen LogP contribution is 2.06. The molecule has 4 N–H and O–H groups in total. The lowest BCUT2D eigenvalue weighted by molar-refractivity contribution is -0.115. The van der Waals surface area contributed by atoms with Crippen LogP contribution in [0.1, 0.15) is 5.56 Å². The summed E-state index contributed by atoms with van der Waals surface area (Å²) in [4.78, 5) is 15.3. The summed E-state index contributed by atoms with van der Waals surface area (Å²) in [6.07, 6.45) is 1.61. The molecule has 1 heterocycles. The Kier molecular flexibility index (Phi) is 2.81.